The van der Waals surface area contributed by atoms with E-state index in [0.717, 1.165) is 35.1 Å². The fourth-order valence-corrected chi connectivity index (χ4v) is 3.05. The van der Waals surface area contributed by atoms with Crippen LogP contribution < -0.4 is 10.5 Å². The van der Waals surface area contributed by atoms with Crippen LogP contribution in [0.3, 0.4) is 0 Å². The lowest BCUT2D eigenvalue weighted by Gasteiger charge is -2.22. The Morgan fingerprint density at radius 2 is 2.19 bits per heavy atom. The van der Waals surface area contributed by atoms with Crippen LogP contribution in [-0.4, -0.2) is 15.7 Å². The van der Waals surface area contributed by atoms with Gasteiger partial charge in [0.1, 0.15) is 23.1 Å². The maximum absolute atomic E-state index is 6.36. The van der Waals surface area contributed by atoms with E-state index in [1.165, 1.54) is 12.8 Å². The molecule has 1 aliphatic heterocycles. The first kappa shape index (κ1) is 14.0. The van der Waals surface area contributed by atoms with Gasteiger partial charge in [-0.25, -0.2) is 4.98 Å². The predicted molar refractivity (Wildman–Crippen MR) is 85.5 cm³/mol. The van der Waals surface area contributed by atoms with E-state index in [2.05, 4.69) is 11.5 Å². The lowest BCUT2D eigenvalue weighted by atomic mass is 10.1. The Balaban J connectivity index is 2.01. The molecule has 0 fully saturated rings. The van der Waals surface area contributed by atoms with Crippen LogP contribution in [0.1, 0.15) is 45.5 Å². The molecule has 2 heterocycles. The van der Waals surface area contributed by atoms with Crippen molar-refractivity contribution in [1.29, 1.82) is 0 Å². The first-order valence-corrected chi connectivity index (χ1v) is 7.70. The third kappa shape index (κ3) is 2.62. The monoisotopic (exact) mass is 285 g/mol. The molecule has 1 atom stereocenters. The van der Waals surface area contributed by atoms with Crippen LogP contribution in [0.15, 0.2) is 24.3 Å². The number of ether oxygens (including phenoxy) is 1. The molecule has 4 nitrogen and oxygen atoms in total. The van der Waals surface area contributed by atoms with Crippen molar-refractivity contribution in [3.05, 3.63) is 30.1 Å². The highest BCUT2D eigenvalue weighted by Crippen LogP contribution is 2.35. The summed E-state index contributed by atoms with van der Waals surface area (Å²) in [5.74, 6) is 2.75. The molecule has 0 radical (unpaired) electrons. The Hall–Kier alpha value is -1.97. The lowest BCUT2D eigenvalue weighted by Crippen LogP contribution is -2.16. The highest BCUT2D eigenvalue weighted by atomic mass is 16.5. The van der Waals surface area contributed by atoms with Gasteiger partial charge in [0.15, 0.2) is 0 Å². The summed E-state index contributed by atoms with van der Waals surface area (Å²) in [6.45, 7) is 6.26. The minimum atomic E-state index is 0.160. The van der Waals surface area contributed by atoms with Crippen LogP contribution in [0.4, 0.5) is 5.82 Å². The van der Waals surface area contributed by atoms with E-state index < -0.39 is 0 Å². The molecule has 112 valence electrons. The van der Waals surface area contributed by atoms with Crippen LogP contribution in [-0.2, 0) is 6.42 Å². The first-order chi connectivity index (χ1) is 10.1. The second-order valence-electron chi connectivity index (χ2n) is 6.07. The Labute approximate surface area is 125 Å². The van der Waals surface area contributed by atoms with E-state index in [4.69, 9.17) is 15.5 Å². The molecule has 1 aliphatic rings. The van der Waals surface area contributed by atoms with Crippen molar-refractivity contribution >= 4 is 5.82 Å². The molecule has 0 saturated heterocycles. The van der Waals surface area contributed by atoms with Crippen LogP contribution in [0.5, 0.6) is 5.75 Å². The van der Waals surface area contributed by atoms with Crippen molar-refractivity contribution in [1.82, 2.24) is 9.55 Å². The van der Waals surface area contributed by atoms with Crippen LogP contribution in [0.25, 0.3) is 11.3 Å². The number of hydrogen-bond acceptors (Lipinski definition) is 3. The number of imidazole rings is 1. The molecule has 0 amide bonds. The number of rotatable bonds is 3. The van der Waals surface area contributed by atoms with Crippen molar-refractivity contribution in [2.45, 2.75) is 52.2 Å². The molecule has 0 aliphatic carbocycles. The van der Waals surface area contributed by atoms with E-state index in [1.807, 2.05) is 38.1 Å². The largest absolute Gasteiger partial charge is 0.491 e. The fraction of sp³-hybridized carbons (Fsp3) is 0.471. The number of anilines is 1. The Morgan fingerprint density at radius 3 is 2.90 bits per heavy atom. The molecular formula is C17H23N3O. The van der Waals surface area contributed by atoms with Gasteiger partial charge in [-0.15, -0.1) is 0 Å². The second kappa shape index (κ2) is 5.43. The summed E-state index contributed by atoms with van der Waals surface area (Å²) in [4.78, 5) is 4.77. The highest BCUT2D eigenvalue weighted by molar-refractivity contribution is 5.72. The normalized spacial score (nSPS) is 17.8. The molecule has 2 N–H and O–H groups in total. The molecule has 0 saturated carbocycles. The third-order valence-electron chi connectivity index (χ3n) is 3.96. The van der Waals surface area contributed by atoms with Gasteiger partial charge in [-0.05, 0) is 45.7 Å². The quantitative estimate of drug-likeness (QED) is 0.932. The standard InChI is InChI=1S/C17H23N3O/c1-11(2)21-14-8-5-7-13(10-14)16-17(18)20-12(3)6-4-9-15(20)19-16/h5,7-8,10-12H,4,6,9,18H2,1-3H3. The summed E-state index contributed by atoms with van der Waals surface area (Å²) < 4.78 is 7.95. The molecule has 1 aromatic carbocycles. The minimum Gasteiger partial charge on any atom is -0.491 e. The zero-order valence-corrected chi connectivity index (χ0v) is 13.0. The summed E-state index contributed by atoms with van der Waals surface area (Å²) in [7, 11) is 0. The van der Waals surface area contributed by atoms with E-state index in [9.17, 15) is 0 Å². The van der Waals surface area contributed by atoms with Gasteiger partial charge in [0.2, 0.25) is 0 Å². The summed E-state index contributed by atoms with van der Waals surface area (Å²) in [5.41, 5.74) is 8.27. The number of fused-ring (bicyclic) bond motifs is 1. The molecule has 2 aromatic rings. The summed E-state index contributed by atoms with van der Waals surface area (Å²) in [6, 6.07) is 8.47. The molecular weight excluding hydrogens is 262 g/mol. The molecule has 3 rings (SSSR count). The number of hydrogen-bond donors (Lipinski definition) is 1. The smallest absolute Gasteiger partial charge is 0.131 e. The zero-order chi connectivity index (χ0) is 15.0. The molecule has 1 aromatic heterocycles. The molecule has 21 heavy (non-hydrogen) atoms. The zero-order valence-electron chi connectivity index (χ0n) is 13.0. The second-order valence-corrected chi connectivity index (χ2v) is 6.07. The van der Waals surface area contributed by atoms with Gasteiger partial charge in [0.05, 0.1) is 6.10 Å². The van der Waals surface area contributed by atoms with Crippen LogP contribution in [0.2, 0.25) is 0 Å². The topological polar surface area (TPSA) is 53.1 Å². The van der Waals surface area contributed by atoms with Gasteiger partial charge in [-0.2, -0.15) is 0 Å². The summed E-state index contributed by atoms with van der Waals surface area (Å²) in [5, 5.41) is 0. The van der Waals surface area contributed by atoms with Crippen molar-refractivity contribution < 1.29 is 4.74 Å². The van der Waals surface area contributed by atoms with Crippen LogP contribution in [0, 0.1) is 0 Å². The Bertz CT molecular complexity index is 645. The van der Waals surface area contributed by atoms with Gasteiger partial charge in [0, 0.05) is 18.0 Å². The van der Waals surface area contributed by atoms with Crippen molar-refractivity contribution in [2.75, 3.05) is 5.73 Å². The van der Waals surface area contributed by atoms with Crippen molar-refractivity contribution in [3.8, 4) is 17.0 Å². The average molecular weight is 285 g/mol. The maximum atomic E-state index is 6.36. The molecule has 0 bridgehead atoms. The summed E-state index contributed by atoms with van der Waals surface area (Å²) in [6.07, 6.45) is 3.53. The van der Waals surface area contributed by atoms with E-state index >= 15 is 0 Å². The number of aryl methyl sites for hydroxylation is 1. The van der Waals surface area contributed by atoms with Gasteiger partial charge >= 0.3 is 0 Å². The average Bonchev–Trinajstić information content (AvgIpc) is 2.77. The van der Waals surface area contributed by atoms with E-state index in [0.29, 0.717) is 6.04 Å². The predicted octanol–water partition coefficient (Wildman–Crippen LogP) is 3.82. The van der Waals surface area contributed by atoms with Gasteiger partial charge in [0.25, 0.3) is 0 Å². The Kier molecular flexibility index (Phi) is 3.62. The molecule has 0 spiro atoms. The van der Waals surface area contributed by atoms with Crippen molar-refractivity contribution in [3.63, 3.8) is 0 Å². The van der Waals surface area contributed by atoms with E-state index in [1.54, 1.807) is 0 Å². The molecule has 1 unspecified atom stereocenters. The number of nitrogen functional groups attached to an aromatic ring is 1. The van der Waals surface area contributed by atoms with Gasteiger partial charge < -0.3 is 15.0 Å². The maximum Gasteiger partial charge on any atom is 0.131 e. The highest BCUT2D eigenvalue weighted by Gasteiger charge is 2.23. The van der Waals surface area contributed by atoms with Gasteiger partial charge in [-0.3, -0.25) is 0 Å². The Morgan fingerprint density at radius 1 is 1.38 bits per heavy atom. The number of nitrogens with zero attached hydrogens (tertiary/aromatic N) is 2. The minimum absolute atomic E-state index is 0.160. The molecule has 4 heteroatoms. The summed E-state index contributed by atoms with van der Waals surface area (Å²) >= 11 is 0. The van der Waals surface area contributed by atoms with E-state index in [-0.39, 0.29) is 6.10 Å². The first-order valence-electron chi connectivity index (χ1n) is 7.70. The number of benzene rings is 1. The fourth-order valence-electron chi connectivity index (χ4n) is 3.05. The number of nitrogens with two attached hydrogens (primary N) is 1. The third-order valence-corrected chi connectivity index (χ3v) is 3.96. The number of aromatic nitrogens is 2. The van der Waals surface area contributed by atoms with Crippen LogP contribution >= 0.6 is 0 Å². The lowest BCUT2D eigenvalue weighted by molar-refractivity contribution is 0.242. The van der Waals surface area contributed by atoms with Gasteiger partial charge in [-0.1, -0.05) is 12.1 Å². The van der Waals surface area contributed by atoms with Crippen molar-refractivity contribution in [2.24, 2.45) is 0 Å². The SMILES string of the molecule is CC(C)Oc1cccc(-c2nc3n(c2N)C(C)CCC3)c1.